The summed E-state index contributed by atoms with van der Waals surface area (Å²) in [6, 6.07) is 4.94. The molecular formula is C21H13F5IN3O3. The third-order valence-electron chi connectivity index (χ3n) is 4.38. The van der Waals surface area contributed by atoms with Gasteiger partial charge in [-0.25, -0.2) is 22.0 Å². The van der Waals surface area contributed by atoms with Crippen LogP contribution in [0.3, 0.4) is 0 Å². The van der Waals surface area contributed by atoms with E-state index < -0.39 is 40.7 Å². The van der Waals surface area contributed by atoms with E-state index in [1.54, 1.807) is 13.0 Å². The Balaban J connectivity index is 2.06. The van der Waals surface area contributed by atoms with Crippen molar-refractivity contribution in [3.05, 3.63) is 55.9 Å². The van der Waals surface area contributed by atoms with Crippen molar-refractivity contribution in [3.63, 3.8) is 0 Å². The normalized spacial score (nSPS) is 14.5. The number of hydrazone groups is 1. The second-order valence-electron chi connectivity index (χ2n) is 6.49. The van der Waals surface area contributed by atoms with E-state index in [2.05, 4.69) is 5.10 Å². The van der Waals surface area contributed by atoms with Crippen LogP contribution in [-0.2, 0) is 4.79 Å². The lowest BCUT2D eigenvalue weighted by Gasteiger charge is -2.15. The molecule has 0 radical (unpaired) electrons. The first-order valence-electron chi connectivity index (χ1n) is 9.21. The van der Waals surface area contributed by atoms with Gasteiger partial charge in [-0.2, -0.15) is 15.4 Å². The van der Waals surface area contributed by atoms with E-state index in [0.717, 1.165) is 0 Å². The van der Waals surface area contributed by atoms with E-state index in [1.807, 2.05) is 28.7 Å². The first-order chi connectivity index (χ1) is 15.6. The summed E-state index contributed by atoms with van der Waals surface area (Å²) in [4.78, 5) is 12.8. The minimum absolute atomic E-state index is 0.0123. The first-order valence-corrected chi connectivity index (χ1v) is 10.3. The predicted octanol–water partition coefficient (Wildman–Crippen LogP) is 5.09. The fourth-order valence-corrected chi connectivity index (χ4v) is 3.74. The van der Waals surface area contributed by atoms with Crippen LogP contribution in [-0.4, -0.2) is 24.8 Å². The van der Waals surface area contributed by atoms with Crippen molar-refractivity contribution >= 4 is 46.0 Å². The number of carbonyl (C=O) groups is 1. The zero-order valence-electron chi connectivity index (χ0n) is 17.0. The Bertz CT molecular complexity index is 1230. The summed E-state index contributed by atoms with van der Waals surface area (Å²) in [6.45, 7) is 3.12. The lowest BCUT2D eigenvalue weighted by molar-refractivity contribution is -0.114. The first kappa shape index (κ1) is 24.4. The molecular weight excluding hydrogens is 564 g/mol. The number of benzene rings is 2. The molecule has 6 nitrogen and oxygen atoms in total. The molecule has 3 rings (SSSR count). The van der Waals surface area contributed by atoms with E-state index in [1.165, 1.54) is 19.1 Å². The molecule has 0 saturated carbocycles. The van der Waals surface area contributed by atoms with E-state index >= 15 is 0 Å². The molecule has 0 unspecified atom stereocenters. The van der Waals surface area contributed by atoms with E-state index in [0.29, 0.717) is 14.9 Å². The Morgan fingerprint density at radius 1 is 1.09 bits per heavy atom. The zero-order chi connectivity index (χ0) is 24.4. The Hall–Kier alpha value is -3.21. The topological polar surface area (TPSA) is 74.9 Å². The number of amides is 1. The van der Waals surface area contributed by atoms with Gasteiger partial charge >= 0.3 is 0 Å². The van der Waals surface area contributed by atoms with E-state index in [-0.39, 0.29) is 35.3 Å². The molecule has 33 heavy (non-hydrogen) atoms. The van der Waals surface area contributed by atoms with Crippen LogP contribution in [0.4, 0.5) is 27.6 Å². The van der Waals surface area contributed by atoms with Crippen LogP contribution in [0.2, 0.25) is 0 Å². The Kier molecular flexibility index (Phi) is 7.21. The molecule has 1 aliphatic heterocycles. The highest BCUT2D eigenvalue weighted by molar-refractivity contribution is 14.1. The number of nitrogens with zero attached hydrogens (tertiary/aromatic N) is 3. The van der Waals surface area contributed by atoms with Crippen LogP contribution in [0.5, 0.6) is 11.5 Å². The molecule has 0 saturated heterocycles. The average molecular weight is 577 g/mol. The van der Waals surface area contributed by atoms with Gasteiger partial charge < -0.3 is 9.47 Å². The van der Waals surface area contributed by atoms with E-state index in [9.17, 15) is 26.7 Å². The smallest absolute Gasteiger partial charge is 0.280 e. The maximum atomic E-state index is 14.2. The maximum Gasteiger partial charge on any atom is 0.280 e. The molecule has 0 atom stereocenters. The van der Waals surface area contributed by atoms with Crippen LogP contribution < -0.4 is 14.5 Å². The second kappa shape index (κ2) is 9.74. The molecule has 0 spiro atoms. The zero-order valence-corrected chi connectivity index (χ0v) is 19.1. The number of anilines is 1. The number of halogens is 6. The minimum Gasteiger partial charge on any atom is -0.490 e. The maximum absolute atomic E-state index is 14.2. The van der Waals surface area contributed by atoms with Crippen LogP contribution in [0.25, 0.3) is 6.08 Å². The monoisotopic (exact) mass is 577 g/mol. The van der Waals surface area contributed by atoms with Gasteiger partial charge in [-0.05, 0) is 60.2 Å². The summed E-state index contributed by atoms with van der Waals surface area (Å²) in [5, 5.41) is 12.6. The van der Waals surface area contributed by atoms with Crippen molar-refractivity contribution in [2.45, 2.75) is 13.8 Å². The Morgan fingerprint density at radius 2 is 1.70 bits per heavy atom. The van der Waals surface area contributed by atoms with Crippen LogP contribution >= 0.6 is 22.6 Å². The molecule has 0 bridgehead atoms. The fraction of sp³-hybridized carbons (Fsp3) is 0.190. The van der Waals surface area contributed by atoms with Crippen molar-refractivity contribution < 1.29 is 36.2 Å². The summed E-state index contributed by atoms with van der Waals surface area (Å²) in [5.41, 5.74) is -1.21. The van der Waals surface area contributed by atoms with Gasteiger partial charge in [-0.1, -0.05) is 0 Å². The van der Waals surface area contributed by atoms with Crippen LogP contribution in [0, 0.1) is 44.0 Å². The van der Waals surface area contributed by atoms with Gasteiger partial charge in [0.15, 0.2) is 41.4 Å². The molecule has 2 aromatic carbocycles. The molecule has 1 amide bonds. The van der Waals surface area contributed by atoms with Gasteiger partial charge in [-0.3, -0.25) is 4.79 Å². The van der Waals surface area contributed by atoms with Crippen molar-refractivity contribution in [2.24, 2.45) is 5.10 Å². The number of hydrogen-bond acceptors (Lipinski definition) is 5. The predicted molar refractivity (Wildman–Crippen MR) is 116 cm³/mol. The lowest BCUT2D eigenvalue weighted by atomic mass is 10.1. The largest absolute Gasteiger partial charge is 0.490 e. The quantitative estimate of drug-likeness (QED) is 0.158. The minimum atomic E-state index is -2.34. The van der Waals surface area contributed by atoms with Gasteiger partial charge in [-0.15, -0.1) is 0 Å². The summed E-state index contributed by atoms with van der Waals surface area (Å²) in [5.74, 6) is -11.6. The molecule has 0 aromatic heterocycles. The van der Waals surface area contributed by atoms with Crippen molar-refractivity contribution in [3.8, 4) is 17.6 Å². The highest BCUT2D eigenvalue weighted by atomic mass is 127. The lowest BCUT2D eigenvalue weighted by Crippen LogP contribution is -2.25. The average Bonchev–Trinajstić information content (AvgIpc) is 3.04. The highest BCUT2D eigenvalue weighted by Gasteiger charge is 2.37. The van der Waals surface area contributed by atoms with Crippen molar-refractivity contribution in [1.29, 1.82) is 5.26 Å². The second-order valence-corrected chi connectivity index (χ2v) is 7.65. The third-order valence-corrected chi connectivity index (χ3v) is 5.19. The number of hydrogen-bond donors (Lipinski definition) is 0. The van der Waals surface area contributed by atoms with Crippen molar-refractivity contribution in [1.82, 2.24) is 0 Å². The summed E-state index contributed by atoms with van der Waals surface area (Å²) in [6.07, 6.45) is 1.33. The van der Waals surface area contributed by atoms with Crippen LogP contribution in [0.15, 0.2) is 22.8 Å². The van der Waals surface area contributed by atoms with Gasteiger partial charge in [0.05, 0.1) is 21.5 Å². The van der Waals surface area contributed by atoms with Gasteiger partial charge in [0, 0.05) is 0 Å². The highest BCUT2D eigenvalue weighted by Crippen LogP contribution is 2.37. The summed E-state index contributed by atoms with van der Waals surface area (Å²) >= 11 is 1.93. The fourth-order valence-electron chi connectivity index (χ4n) is 2.96. The molecule has 1 aliphatic rings. The third kappa shape index (κ3) is 4.50. The Morgan fingerprint density at radius 3 is 2.27 bits per heavy atom. The summed E-state index contributed by atoms with van der Waals surface area (Å²) < 4.78 is 80.4. The molecule has 2 aromatic rings. The number of nitriles is 1. The Labute approximate surface area is 198 Å². The molecule has 12 heteroatoms. The van der Waals surface area contributed by atoms with Gasteiger partial charge in [0.2, 0.25) is 5.82 Å². The molecule has 172 valence electrons. The summed E-state index contributed by atoms with van der Waals surface area (Å²) in [7, 11) is 0. The molecule has 0 fully saturated rings. The molecule has 1 heterocycles. The standard InChI is InChI=1S/C21H13F5IN3O3/c1-3-32-13-8-10(7-12(27)20(13)33-5-4-28)6-11-9(2)29-30(21(11)31)19-17(25)15(23)14(22)16(24)18(19)26/h6-8H,3,5H2,1-2H3/b11-6+. The van der Waals surface area contributed by atoms with Gasteiger partial charge in [0.25, 0.3) is 5.91 Å². The SMILES string of the molecule is CCOc1cc(/C=C2/C(=O)N(c3c(F)c(F)c(F)c(F)c3F)N=C2C)cc(I)c1OCC#N. The van der Waals surface area contributed by atoms with Gasteiger partial charge in [0.1, 0.15) is 11.8 Å². The van der Waals surface area contributed by atoms with Crippen LogP contribution in [0.1, 0.15) is 19.4 Å². The molecule has 0 aliphatic carbocycles. The number of rotatable bonds is 6. The number of ether oxygens (including phenoxy) is 2. The molecule has 0 N–H and O–H groups in total. The van der Waals surface area contributed by atoms with Crippen molar-refractivity contribution in [2.75, 3.05) is 18.2 Å². The number of carbonyl (C=O) groups excluding carboxylic acids is 1. The van der Waals surface area contributed by atoms with E-state index in [4.69, 9.17) is 14.7 Å².